The molecule has 1 unspecified atom stereocenters. The zero-order chi connectivity index (χ0) is 33.3. The van der Waals surface area contributed by atoms with E-state index in [2.05, 4.69) is 31.5 Å². The van der Waals surface area contributed by atoms with Crippen molar-refractivity contribution in [3.8, 4) is 16.9 Å². The number of carbonyl (C=O) groups is 3. The normalized spacial score (nSPS) is 14.1. The van der Waals surface area contributed by atoms with E-state index in [1.165, 1.54) is 6.07 Å². The lowest BCUT2D eigenvalue weighted by Crippen LogP contribution is -2.44. The highest BCUT2D eigenvalue weighted by atomic mass is 16.6. The van der Waals surface area contributed by atoms with E-state index in [0.29, 0.717) is 37.3 Å². The number of hydrogen-bond donors (Lipinski definition) is 7. The summed E-state index contributed by atoms with van der Waals surface area (Å²) in [4.78, 5) is 37.7. The lowest BCUT2D eigenvalue weighted by molar-refractivity contribution is -0.105. The maximum atomic E-state index is 12.6. The van der Waals surface area contributed by atoms with Crippen LogP contribution in [-0.2, 0) is 9.53 Å². The molecule has 1 aliphatic heterocycles. The van der Waals surface area contributed by atoms with Gasteiger partial charge in [-0.05, 0) is 61.6 Å². The molecular weight excluding hydrogens is 600 g/mol. The van der Waals surface area contributed by atoms with E-state index in [4.69, 9.17) is 4.74 Å². The molecule has 0 aliphatic carbocycles. The summed E-state index contributed by atoms with van der Waals surface area (Å²) in [6.07, 6.45) is 3.25. The molecule has 12 nitrogen and oxygen atoms in total. The molecule has 0 saturated carbocycles. The van der Waals surface area contributed by atoms with E-state index >= 15 is 0 Å². The van der Waals surface area contributed by atoms with Crippen molar-refractivity contribution in [2.45, 2.75) is 44.3 Å². The van der Waals surface area contributed by atoms with Crippen LogP contribution in [0.3, 0.4) is 0 Å². The molecule has 47 heavy (non-hydrogen) atoms. The third-order valence-corrected chi connectivity index (χ3v) is 8.04. The van der Waals surface area contributed by atoms with Crippen LogP contribution in [0.4, 0.5) is 21.0 Å². The fourth-order valence-corrected chi connectivity index (χ4v) is 5.44. The smallest absolute Gasteiger partial charge is 0.411 e. The van der Waals surface area contributed by atoms with Crippen LogP contribution in [0, 0.1) is 0 Å². The Kier molecular flexibility index (Phi) is 14.3. The number of nitrogens with zero attached hydrogens (tertiary/aromatic N) is 1. The van der Waals surface area contributed by atoms with Crippen LogP contribution in [0.5, 0.6) is 5.75 Å². The maximum Gasteiger partial charge on any atom is 0.411 e. The molecule has 252 valence electrons. The van der Waals surface area contributed by atoms with Crippen molar-refractivity contribution in [1.29, 1.82) is 0 Å². The number of anilines is 2. The van der Waals surface area contributed by atoms with Crippen LogP contribution in [-0.4, -0.2) is 85.6 Å². The van der Waals surface area contributed by atoms with Crippen molar-refractivity contribution in [2.24, 2.45) is 0 Å². The van der Waals surface area contributed by atoms with Gasteiger partial charge >= 0.3 is 12.1 Å². The van der Waals surface area contributed by atoms with E-state index in [-0.39, 0.29) is 23.6 Å². The van der Waals surface area contributed by atoms with E-state index in [9.17, 15) is 24.6 Å². The molecule has 1 saturated heterocycles. The number of ether oxygens (including phenoxy) is 1. The summed E-state index contributed by atoms with van der Waals surface area (Å²) in [5, 5.41) is 34.4. The highest BCUT2D eigenvalue weighted by Gasteiger charge is 2.22. The highest BCUT2D eigenvalue weighted by molar-refractivity contribution is 5.91. The SMILES string of the molecule is O=CNc1cc(C(O)CNCCCCCNC(=O)NCCN2CCC(OC(=O)Nc3ccccc3-c3ccccc3)CC2)ccc1O. The summed E-state index contributed by atoms with van der Waals surface area (Å²) in [6.45, 7) is 4.49. The summed E-state index contributed by atoms with van der Waals surface area (Å²) in [7, 11) is 0. The Hall–Kier alpha value is -4.65. The molecule has 1 atom stereocenters. The maximum absolute atomic E-state index is 12.6. The predicted octanol–water partition coefficient (Wildman–Crippen LogP) is 4.43. The topological polar surface area (TPSA) is 164 Å². The van der Waals surface area contributed by atoms with Gasteiger partial charge in [-0.25, -0.2) is 9.59 Å². The molecule has 12 heteroatoms. The molecule has 7 N–H and O–H groups in total. The van der Waals surface area contributed by atoms with Crippen LogP contribution in [0.25, 0.3) is 11.1 Å². The number of phenols is 1. The molecule has 0 bridgehead atoms. The van der Waals surface area contributed by atoms with Crippen molar-refractivity contribution in [3.63, 3.8) is 0 Å². The molecular formula is C35H46N6O6. The fraction of sp³-hybridized carbons (Fsp3) is 0.400. The summed E-state index contributed by atoms with van der Waals surface area (Å²) >= 11 is 0. The third-order valence-electron chi connectivity index (χ3n) is 8.04. The number of para-hydroxylation sites is 1. The number of urea groups is 1. The molecule has 0 spiro atoms. The standard InChI is InChI=1S/C35H46N6O6/c42-25-39-31-23-27(13-14-32(31)43)33(44)24-36-17-7-2-8-18-37-34(45)38-19-22-41-20-15-28(16-21-41)47-35(46)40-30-12-6-5-11-29(30)26-9-3-1-4-10-26/h1,3-6,9-14,23,25,28,33,36,43-44H,2,7-8,15-22,24H2,(H,39,42)(H,40,46)(H2,37,38,45). The Morgan fingerprint density at radius 3 is 2.40 bits per heavy atom. The Bertz CT molecular complexity index is 1420. The van der Waals surface area contributed by atoms with E-state index in [0.717, 1.165) is 69.4 Å². The molecule has 1 heterocycles. The number of aliphatic hydroxyl groups excluding tert-OH is 1. The van der Waals surface area contributed by atoms with Gasteiger partial charge in [-0.2, -0.15) is 0 Å². The molecule has 3 aromatic carbocycles. The number of hydrogen-bond acceptors (Lipinski definition) is 8. The first-order valence-corrected chi connectivity index (χ1v) is 16.2. The quantitative estimate of drug-likeness (QED) is 0.0643. The third kappa shape index (κ3) is 11.9. The zero-order valence-corrected chi connectivity index (χ0v) is 26.6. The van der Waals surface area contributed by atoms with E-state index < -0.39 is 12.2 Å². The molecule has 3 aromatic rings. The van der Waals surface area contributed by atoms with Crippen molar-refractivity contribution in [1.82, 2.24) is 20.9 Å². The van der Waals surface area contributed by atoms with Crippen molar-refractivity contribution >= 4 is 29.9 Å². The first-order chi connectivity index (χ1) is 22.9. The summed E-state index contributed by atoms with van der Waals surface area (Å²) in [5.74, 6) is -0.0594. The fourth-order valence-electron chi connectivity index (χ4n) is 5.44. The monoisotopic (exact) mass is 646 g/mol. The van der Waals surface area contributed by atoms with Gasteiger partial charge in [0.2, 0.25) is 6.41 Å². The first-order valence-electron chi connectivity index (χ1n) is 16.2. The summed E-state index contributed by atoms with van der Waals surface area (Å²) in [5.41, 5.74) is 3.53. The Balaban J connectivity index is 0.998. The minimum atomic E-state index is -0.770. The van der Waals surface area contributed by atoms with Gasteiger partial charge in [0, 0.05) is 44.8 Å². The second-order valence-corrected chi connectivity index (χ2v) is 11.5. The predicted molar refractivity (Wildman–Crippen MR) is 182 cm³/mol. The van der Waals surface area contributed by atoms with Gasteiger partial charge in [0.25, 0.3) is 0 Å². The van der Waals surface area contributed by atoms with E-state index in [1.807, 2.05) is 54.6 Å². The van der Waals surface area contributed by atoms with Crippen LogP contribution in [0.15, 0.2) is 72.8 Å². The number of aromatic hydroxyl groups is 1. The molecule has 1 aliphatic rings. The number of nitrogens with one attached hydrogen (secondary N) is 5. The lowest BCUT2D eigenvalue weighted by atomic mass is 10.0. The number of phenolic OH excluding ortho intramolecular Hbond substituents is 1. The number of piperidine rings is 1. The van der Waals surface area contributed by atoms with Gasteiger partial charge in [-0.15, -0.1) is 0 Å². The Morgan fingerprint density at radius 2 is 1.62 bits per heavy atom. The van der Waals surface area contributed by atoms with Gasteiger partial charge in [0.15, 0.2) is 0 Å². The molecule has 4 amide bonds. The minimum absolute atomic E-state index is 0.0594. The summed E-state index contributed by atoms with van der Waals surface area (Å²) in [6, 6.07) is 22.0. The van der Waals surface area contributed by atoms with Crippen LogP contribution in [0.1, 0.15) is 43.8 Å². The second kappa shape index (κ2) is 19.1. The molecule has 1 fully saturated rings. The second-order valence-electron chi connectivity index (χ2n) is 11.5. The highest BCUT2D eigenvalue weighted by Crippen LogP contribution is 2.28. The number of aliphatic hydroxyl groups is 1. The number of benzene rings is 3. The van der Waals surface area contributed by atoms with Crippen LogP contribution in [0.2, 0.25) is 0 Å². The minimum Gasteiger partial charge on any atom is -0.506 e. The van der Waals surface area contributed by atoms with Crippen molar-refractivity contribution in [3.05, 3.63) is 78.4 Å². The first kappa shape index (κ1) is 35.2. The largest absolute Gasteiger partial charge is 0.506 e. The molecule has 0 aromatic heterocycles. The van der Waals surface area contributed by atoms with Gasteiger partial charge < -0.3 is 41.1 Å². The van der Waals surface area contributed by atoms with Crippen molar-refractivity contribution in [2.75, 3.05) is 56.4 Å². The number of likely N-dealkylation sites (tertiary alicyclic amines) is 1. The van der Waals surface area contributed by atoms with Gasteiger partial charge in [-0.3, -0.25) is 10.1 Å². The lowest BCUT2D eigenvalue weighted by Gasteiger charge is -2.31. The number of unbranched alkanes of at least 4 members (excludes halogenated alkanes) is 2. The van der Waals surface area contributed by atoms with Crippen molar-refractivity contribution < 1.29 is 29.3 Å². The molecule has 4 rings (SSSR count). The van der Waals surface area contributed by atoms with Gasteiger partial charge in [0.1, 0.15) is 11.9 Å². The van der Waals surface area contributed by atoms with Gasteiger partial charge in [0.05, 0.1) is 17.5 Å². The number of rotatable bonds is 17. The van der Waals surface area contributed by atoms with Gasteiger partial charge in [-0.1, -0.05) is 61.0 Å². The number of amides is 4. The summed E-state index contributed by atoms with van der Waals surface area (Å²) < 4.78 is 5.72. The van der Waals surface area contributed by atoms with E-state index in [1.54, 1.807) is 12.1 Å². The van der Waals surface area contributed by atoms with Crippen LogP contribution < -0.4 is 26.6 Å². The average molecular weight is 647 g/mol. The Morgan fingerprint density at radius 1 is 0.894 bits per heavy atom. The molecule has 0 radical (unpaired) electrons. The zero-order valence-electron chi connectivity index (χ0n) is 26.6. The van der Waals surface area contributed by atoms with Crippen LogP contribution >= 0.6 is 0 Å². The number of carbonyl (C=O) groups excluding carboxylic acids is 3. The average Bonchev–Trinajstić information content (AvgIpc) is 3.08. The Labute approximate surface area is 275 Å².